The lowest BCUT2D eigenvalue weighted by Gasteiger charge is -2.45. The first kappa shape index (κ1) is 26.6. The van der Waals surface area contributed by atoms with Crippen molar-refractivity contribution in [1.82, 2.24) is 0 Å². The van der Waals surface area contributed by atoms with Crippen LogP contribution in [-0.4, -0.2) is 43.5 Å². The molecule has 0 aromatic carbocycles. The Kier molecular flexibility index (Phi) is 7.05. The highest BCUT2D eigenvalue weighted by Gasteiger charge is 2.67. The summed E-state index contributed by atoms with van der Waals surface area (Å²) in [7, 11) is 1.28. The van der Waals surface area contributed by atoms with Gasteiger partial charge in [0.2, 0.25) is 0 Å². The van der Waals surface area contributed by atoms with Crippen LogP contribution in [0.3, 0.4) is 0 Å². The number of carbonyl (C=O) groups is 3. The van der Waals surface area contributed by atoms with Gasteiger partial charge in [-0.15, -0.1) is 0 Å². The van der Waals surface area contributed by atoms with Crippen molar-refractivity contribution in [3.8, 4) is 0 Å². The molecule has 6 saturated carbocycles. The molecule has 0 aromatic heterocycles. The molecule has 6 bridgehead atoms. The lowest BCUT2D eigenvalue weighted by atomic mass is 9.58. The van der Waals surface area contributed by atoms with Crippen molar-refractivity contribution in [3.63, 3.8) is 0 Å². The summed E-state index contributed by atoms with van der Waals surface area (Å²) in [6.45, 7) is 6.51. The molecule has 6 aliphatic rings. The number of hydrogen-bond donors (Lipinski definition) is 1. The number of aliphatic carboxylic acids is 1. The van der Waals surface area contributed by atoms with Crippen LogP contribution in [0.25, 0.3) is 0 Å². The molecular weight excluding hydrogens is 484 g/mol. The molecule has 15 atom stereocenters. The fourth-order valence-electron chi connectivity index (χ4n) is 11.4. The number of esters is 2. The molecule has 0 aromatic rings. The Morgan fingerprint density at radius 1 is 0.842 bits per heavy atom. The number of ether oxygens (including phenoxy) is 3. The van der Waals surface area contributed by atoms with E-state index >= 15 is 0 Å². The number of methoxy groups -OCH3 is 1. The maximum atomic E-state index is 13.9. The Balaban J connectivity index is 1.20. The molecule has 0 spiro atoms. The van der Waals surface area contributed by atoms with E-state index in [0.717, 1.165) is 24.2 Å². The smallest absolute Gasteiger partial charge is 0.312 e. The van der Waals surface area contributed by atoms with Crippen molar-refractivity contribution in [2.75, 3.05) is 20.5 Å². The van der Waals surface area contributed by atoms with E-state index in [9.17, 15) is 19.5 Å². The highest BCUT2D eigenvalue weighted by Crippen LogP contribution is 2.71. The summed E-state index contributed by atoms with van der Waals surface area (Å²) in [5, 5.41) is 9.93. The monoisotopic (exact) mass is 530 g/mol. The van der Waals surface area contributed by atoms with Gasteiger partial charge in [-0.05, 0) is 116 Å². The summed E-state index contributed by atoms with van der Waals surface area (Å²) in [5.74, 6) is 1.46. The minimum Gasteiger partial charge on any atom is -0.481 e. The maximum absolute atomic E-state index is 13.9. The van der Waals surface area contributed by atoms with Gasteiger partial charge in [0.15, 0.2) is 6.79 Å². The van der Waals surface area contributed by atoms with Crippen LogP contribution in [0.1, 0.15) is 65.7 Å². The summed E-state index contributed by atoms with van der Waals surface area (Å²) < 4.78 is 16.8. The van der Waals surface area contributed by atoms with Gasteiger partial charge in [-0.1, -0.05) is 20.8 Å². The summed E-state index contributed by atoms with van der Waals surface area (Å²) in [6.07, 6.45) is 8.87. The first-order valence-corrected chi connectivity index (χ1v) is 15.3. The standard InChI is InChI=1S/C31H46O7/c1-14-17-5-6-18(9-17)23(14)12-37-13-38-31(35)28(25(30(34)36-4)16(3)29(32)33)24-15(2)21-11-22(24)27-20-8-7-19(10-20)26(21)27/h14-28H,5-13H2,1-4H3,(H,32,33). The van der Waals surface area contributed by atoms with Crippen LogP contribution >= 0.6 is 0 Å². The largest absolute Gasteiger partial charge is 0.481 e. The molecule has 7 heteroatoms. The molecule has 6 fully saturated rings. The van der Waals surface area contributed by atoms with Gasteiger partial charge >= 0.3 is 17.9 Å². The lowest BCUT2D eigenvalue weighted by molar-refractivity contribution is -0.179. The van der Waals surface area contributed by atoms with Gasteiger partial charge in [-0.2, -0.15) is 0 Å². The molecule has 212 valence electrons. The normalized spacial score (nSPS) is 46.1. The summed E-state index contributed by atoms with van der Waals surface area (Å²) in [5.41, 5.74) is 0. The molecule has 6 rings (SSSR count). The fourth-order valence-corrected chi connectivity index (χ4v) is 11.4. The zero-order valence-corrected chi connectivity index (χ0v) is 23.4. The highest BCUT2D eigenvalue weighted by atomic mass is 16.7. The first-order chi connectivity index (χ1) is 18.2. The van der Waals surface area contributed by atoms with E-state index in [1.807, 2.05) is 0 Å². The van der Waals surface area contributed by atoms with Crippen molar-refractivity contribution in [3.05, 3.63) is 0 Å². The Hall–Kier alpha value is -1.63. The zero-order chi connectivity index (χ0) is 26.9. The van der Waals surface area contributed by atoms with E-state index in [0.29, 0.717) is 48.0 Å². The van der Waals surface area contributed by atoms with Crippen LogP contribution in [0.5, 0.6) is 0 Å². The number of carboxylic acid groups (broad SMARTS) is 1. The second-order valence-electron chi connectivity index (χ2n) is 14.0. The lowest BCUT2D eigenvalue weighted by Crippen LogP contribution is -2.49. The number of fused-ring (bicyclic) bond motifs is 11. The van der Waals surface area contributed by atoms with Gasteiger partial charge in [-0.3, -0.25) is 14.4 Å². The predicted molar refractivity (Wildman–Crippen MR) is 138 cm³/mol. The maximum Gasteiger partial charge on any atom is 0.312 e. The molecule has 0 radical (unpaired) electrons. The Morgan fingerprint density at radius 3 is 2.11 bits per heavy atom. The van der Waals surface area contributed by atoms with Crippen LogP contribution < -0.4 is 0 Å². The Morgan fingerprint density at radius 2 is 1.47 bits per heavy atom. The quantitative estimate of drug-likeness (QED) is 0.186. The number of rotatable bonds is 10. The Labute approximate surface area is 226 Å². The number of carboxylic acids is 1. The van der Waals surface area contributed by atoms with Crippen LogP contribution in [-0.2, 0) is 28.6 Å². The third kappa shape index (κ3) is 4.04. The summed E-state index contributed by atoms with van der Waals surface area (Å²) in [6, 6.07) is 0. The summed E-state index contributed by atoms with van der Waals surface area (Å²) >= 11 is 0. The molecule has 15 unspecified atom stereocenters. The van der Waals surface area contributed by atoms with E-state index in [2.05, 4.69) is 13.8 Å². The van der Waals surface area contributed by atoms with E-state index in [1.54, 1.807) is 0 Å². The van der Waals surface area contributed by atoms with Gasteiger partial charge < -0.3 is 19.3 Å². The zero-order valence-electron chi connectivity index (χ0n) is 23.4. The fraction of sp³-hybridized carbons (Fsp3) is 0.903. The molecule has 38 heavy (non-hydrogen) atoms. The molecule has 7 nitrogen and oxygen atoms in total. The van der Waals surface area contributed by atoms with Gasteiger partial charge in [0.05, 0.1) is 31.5 Å². The molecule has 0 saturated heterocycles. The van der Waals surface area contributed by atoms with Crippen LogP contribution in [0.2, 0.25) is 0 Å². The van der Waals surface area contributed by atoms with Crippen molar-refractivity contribution in [2.24, 2.45) is 88.8 Å². The van der Waals surface area contributed by atoms with Gasteiger partial charge in [-0.25, -0.2) is 0 Å². The van der Waals surface area contributed by atoms with Crippen LogP contribution in [0, 0.1) is 88.8 Å². The van der Waals surface area contributed by atoms with Crippen LogP contribution in [0.4, 0.5) is 0 Å². The van der Waals surface area contributed by atoms with E-state index < -0.39 is 35.7 Å². The second kappa shape index (κ2) is 10.1. The minimum absolute atomic E-state index is 0.0652. The number of carbonyl (C=O) groups excluding carboxylic acids is 2. The average molecular weight is 531 g/mol. The third-order valence-electron chi connectivity index (χ3n) is 13.0. The molecule has 0 heterocycles. The van der Waals surface area contributed by atoms with Crippen molar-refractivity contribution >= 4 is 17.9 Å². The van der Waals surface area contributed by atoms with Crippen LogP contribution in [0.15, 0.2) is 0 Å². The molecule has 0 aliphatic heterocycles. The number of hydrogen-bond acceptors (Lipinski definition) is 6. The minimum atomic E-state index is -1.09. The topological polar surface area (TPSA) is 99.1 Å². The third-order valence-corrected chi connectivity index (χ3v) is 13.0. The second-order valence-corrected chi connectivity index (χ2v) is 14.0. The molecule has 0 amide bonds. The molecule has 6 aliphatic carbocycles. The summed E-state index contributed by atoms with van der Waals surface area (Å²) in [4.78, 5) is 39.1. The Bertz CT molecular complexity index is 947. The van der Waals surface area contributed by atoms with Crippen molar-refractivity contribution in [1.29, 1.82) is 0 Å². The van der Waals surface area contributed by atoms with Crippen molar-refractivity contribution < 1.29 is 33.7 Å². The van der Waals surface area contributed by atoms with Gasteiger partial charge in [0, 0.05) is 0 Å². The highest BCUT2D eigenvalue weighted by molar-refractivity contribution is 5.87. The van der Waals surface area contributed by atoms with E-state index in [-0.39, 0.29) is 18.6 Å². The van der Waals surface area contributed by atoms with Gasteiger partial charge in [0.1, 0.15) is 0 Å². The van der Waals surface area contributed by atoms with E-state index in [1.165, 1.54) is 52.6 Å². The average Bonchev–Trinajstić information content (AvgIpc) is 3.73. The predicted octanol–water partition coefficient (Wildman–Crippen LogP) is 4.88. The molecule has 1 N–H and O–H groups in total. The van der Waals surface area contributed by atoms with E-state index in [4.69, 9.17) is 14.2 Å². The SMILES string of the molecule is COC(=O)C(C(C)C(=O)O)C(C(=O)OCOCC1C2CCC(C2)C1C)C1C(C)C2CC1C1C3CCC(C3)C21. The molecular formula is C31H46O7. The van der Waals surface area contributed by atoms with Gasteiger partial charge in [0.25, 0.3) is 0 Å². The first-order valence-electron chi connectivity index (χ1n) is 15.3. The van der Waals surface area contributed by atoms with Crippen molar-refractivity contribution in [2.45, 2.75) is 65.7 Å².